The first kappa shape index (κ1) is 12.1. The van der Waals surface area contributed by atoms with Gasteiger partial charge in [0, 0.05) is 11.9 Å². The van der Waals surface area contributed by atoms with Crippen LogP contribution in [0.1, 0.15) is 0 Å². The Labute approximate surface area is 125 Å². The molecule has 1 aromatic carbocycles. The highest BCUT2D eigenvalue weighted by Crippen LogP contribution is 2.27. The molecule has 0 unspecified atom stereocenters. The van der Waals surface area contributed by atoms with Crippen molar-refractivity contribution in [1.82, 2.24) is 15.0 Å². The van der Waals surface area contributed by atoms with Crippen molar-refractivity contribution in [1.29, 1.82) is 0 Å². The maximum atomic E-state index is 4.33. The number of hydrogen-bond acceptors (Lipinski definition) is 4. The molecule has 3 aromatic heterocycles. The minimum atomic E-state index is 0.809. The van der Waals surface area contributed by atoms with Crippen LogP contribution < -0.4 is 5.32 Å². The molecule has 0 spiro atoms. The normalized spacial score (nSPS) is 10.9. The lowest BCUT2D eigenvalue weighted by molar-refractivity contribution is 1.20. The number of fused-ring (bicyclic) bond motifs is 1. The second-order valence-corrected chi connectivity index (χ2v) is 5.46. The van der Waals surface area contributed by atoms with Crippen LogP contribution in [0.25, 0.3) is 22.2 Å². The van der Waals surface area contributed by atoms with Crippen LogP contribution in [0.3, 0.4) is 0 Å². The highest BCUT2D eigenvalue weighted by atomic mass is 32.1. The third kappa shape index (κ3) is 2.28. The summed E-state index contributed by atoms with van der Waals surface area (Å²) in [5, 5.41) is 8.59. The molecule has 21 heavy (non-hydrogen) atoms. The van der Waals surface area contributed by atoms with Gasteiger partial charge in [0.2, 0.25) is 0 Å². The van der Waals surface area contributed by atoms with Gasteiger partial charge < -0.3 is 10.3 Å². The van der Waals surface area contributed by atoms with Crippen LogP contribution in [0.15, 0.2) is 59.7 Å². The largest absolute Gasteiger partial charge is 0.346 e. The monoisotopic (exact) mass is 292 g/mol. The van der Waals surface area contributed by atoms with E-state index in [0.29, 0.717) is 0 Å². The minimum Gasteiger partial charge on any atom is -0.346 e. The lowest BCUT2D eigenvalue weighted by Crippen LogP contribution is -1.95. The van der Waals surface area contributed by atoms with E-state index in [-0.39, 0.29) is 0 Å². The number of H-pyrrole nitrogens is 1. The zero-order valence-corrected chi connectivity index (χ0v) is 11.9. The van der Waals surface area contributed by atoms with Crippen molar-refractivity contribution in [3.05, 3.63) is 59.7 Å². The molecule has 0 saturated carbocycles. The standard InChI is InChI=1S/C16H12N4S/c1-2-11(12-5-7-21-9-12)8-13(3-1)20-16-14-4-6-17-15(14)18-10-19-16/h1-10H,(H2,17,18,19,20). The zero-order chi connectivity index (χ0) is 14.1. The number of nitrogens with zero attached hydrogens (tertiary/aromatic N) is 2. The molecule has 3 heterocycles. The highest BCUT2D eigenvalue weighted by Gasteiger charge is 2.05. The Balaban J connectivity index is 1.71. The Morgan fingerprint density at radius 3 is 2.95 bits per heavy atom. The Hall–Kier alpha value is -2.66. The van der Waals surface area contributed by atoms with E-state index in [0.717, 1.165) is 22.5 Å². The SMILES string of the molecule is c1cc(Nc2ncnc3[nH]ccc23)cc(-c2ccsc2)c1. The number of hydrogen-bond donors (Lipinski definition) is 2. The second-order valence-electron chi connectivity index (χ2n) is 4.68. The number of nitrogens with one attached hydrogen (secondary N) is 2. The summed E-state index contributed by atoms with van der Waals surface area (Å²) in [7, 11) is 0. The molecule has 4 aromatic rings. The summed E-state index contributed by atoms with van der Waals surface area (Å²) < 4.78 is 0. The fourth-order valence-electron chi connectivity index (χ4n) is 2.31. The molecular weight excluding hydrogens is 280 g/mol. The van der Waals surface area contributed by atoms with Gasteiger partial charge in [0.15, 0.2) is 0 Å². The van der Waals surface area contributed by atoms with Crippen LogP contribution in [0.2, 0.25) is 0 Å². The summed E-state index contributed by atoms with van der Waals surface area (Å²) in [6, 6.07) is 12.4. The molecule has 0 aliphatic heterocycles. The van der Waals surface area contributed by atoms with Crippen LogP contribution in [0, 0.1) is 0 Å². The van der Waals surface area contributed by atoms with Crippen molar-refractivity contribution in [2.45, 2.75) is 0 Å². The molecule has 0 atom stereocenters. The summed E-state index contributed by atoms with van der Waals surface area (Å²) in [6.07, 6.45) is 3.43. The van der Waals surface area contributed by atoms with E-state index < -0.39 is 0 Å². The first-order valence-corrected chi connectivity index (χ1v) is 7.52. The van der Waals surface area contributed by atoms with Gasteiger partial charge in [-0.2, -0.15) is 11.3 Å². The average Bonchev–Trinajstić information content (AvgIpc) is 3.20. The van der Waals surface area contributed by atoms with E-state index in [1.807, 2.05) is 24.4 Å². The quantitative estimate of drug-likeness (QED) is 0.587. The zero-order valence-electron chi connectivity index (χ0n) is 11.1. The summed E-state index contributed by atoms with van der Waals surface area (Å²) >= 11 is 1.70. The lowest BCUT2D eigenvalue weighted by atomic mass is 10.1. The summed E-state index contributed by atoms with van der Waals surface area (Å²) in [4.78, 5) is 11.6. The number of anilines is 2. The van der Waals surface area contributed by atoms with E-state index >= 15 is 0 Å². The molecule has 2 N–H and O–H groups in total. The Kier molecular flexibility index (Phi) is 2.90. The lowest BCUT2D eigenvalue weighted by Gasteiger charge is -2.08. The van der Waals surface area contributed by atoms with Gasteiger partial charge in [-0.15, -0.1) is 0 Å². The molecule has 0 radical (unpaired) electrons. The fourth-order valence-corrected chi connectivity index (χ4v) is 2.98. The maximum Gasteiger partial charge on any atom is 0.143 e. The van der Waals surface area contributed by atoms with Crippen LogP contribution in [0.5, 0.6) is 0 Å². The Bertz CT molecular complexity index is 880. The molecule has 0 amide bonds. The van der Waals surface area contributed by atoms with Crippen LogP contribution in [-0.2, 0) is 0 Å². The topological polar surface area (TPSA) is 53.6 Å². The molecule has 0 aliphatic carbocycles. The van der Waals surface area contributed by atoms with E-state index in [1.54, 1.807) is 17.7 Å². The van der Waals surface area contributed by atoms with Gasteiger partial charge >= 0.3 is 0 Å². The Morgan fingerprint density at radius 2 is 2.05 bits per heavy atom. The van der Waals surface area contributed by atoms with Gasteiger partial charge in [-0.1, -0.05) is 12.1 Å². The molecule has 102 valence electrons. The van der Waals surface area contributed by atoms with Gasteiger partial charge in [-0.25, -0.2) is 9.97 Å². The fraction of sp³-hybridized carbons (Fsp3) is 0. The Morgan fingerprint density at radius 1 is 1.05 bits per heavy atom. The average molecular weight is 292 g/mol. The molecule has 5 heteroatoms. The minimum absolute atomic E-state index is 0.809. The van der Waals surface area contributed by atoms with E-state index in [4.69, 9.17) is 0 Å². The third-order valence-corrected chi connectivity index (χ3v) is 4.02. The number of rotatable bonds is 3. The van der Waals surface area contributed by atoms with E-state index in [2.05, 4.69) is 49.2 Å². The first-order chi connectivity index (χ1) is 10.4. The molecule has 0 bridgehead atoms. The highest BCUT2D eigenvalue weighted by molar-refractivity contribution is 7.08. The predicted molar refractivity (Wildman–Crippen MR) is 86.9 cm³/mol. The third-order valence-electron chi connectivity index (χ3n) is 3.33. The molecule has 0 fully saturated rings. The molecule has 4 rings (SSSR count). The number of aromatic amines is 1. The van der Waals surface area contributed by atoms with Crippen molar-refractivity contribution in [3.8, 4) is 11.1 Å². The van der Waals surface area contributed by atoms with Gasteiger partial charge in [-0.05, 0) is 46.2 Å². The van der Waals surface area contributed by atoms with Crippen LogP contribution in [-0.4, -0.2) is 15.0 Å². The van der Waals surface area contributed by atoms with Gasteiger partial charge in [0.05, 0.1) is 5.39 Å². The molecule has 0 saturated heterocycles. The van der Waals surface area contributed by atoms with Gasteiger partial charge in [0.1, 0.15) is 17.8 Å². The maximum absolute atomic E-state index is 4.33. The predicted octanol–water partition coefficient (Wildman–Crippen LogP) is 4.43. The van der Waals surface area contributed by atoms with Crippen molar-refractivity contribution >= 4 is 33.9 Å². The summed E-state index contributed by atoms with van der Waals surface area (Å²) in [5.74, 6) is 0.809. The van der Waals surface area contributed by atoms with E-state index in [1.165, 1.54) is 11.1 Å². The van der Waals surface area contributed by atoms with Gasteiger partial charge in [0.25, 0.3) is 0 Å². The molecule has 0 aliphatic rings. The van der Waals surface area contributed by atoms with Crippen molar-refractivity contribution in [3.63, 3.8) is 0 Å². The van der Waals surface area contributed by atoms with Crippen LogP contribution in [0.4, 0.5) is 11.5 Å². The van der Waals surface area contributed by atoms with E-state index in [9.17, 15) is 0 Å². The van der Waals surface area contributed by atoms with Gasteiger partial charge in [-0.3, -0.25) is 0 Å². The summed E-state index contributed by atoms with van der Waals surface area (Å²) in [5.41, 5.74) is 4.28. The second kappa shape index (κ2) is 5.03. The molecule has 4 nitrogen and oxygen atoms in total. The summed E-state index contributed by atoms with van der Waals surface area (Å²) in [6.45, 7) is 0. The van der Waals surface area contributed by atoms with Crippen molar-refractivity contribution in [2.24, 2.45) is 0 Å². The molecular formula is C16H12N4S. The number of aromatic nitrogens is 3. The van der Waals surface area contributed by atoms with Crippen molar-refractivity contribution < 1.29 is 0 Å². The van der Waals surface area contributed by atoms with Crippen molar-refractivity contribution in [2.75, 3.05) is 5.32 Å². The first-order valence-electron chi connectivity index (χ1n) is 6.58. The van der Waals surface area contributed by atoms with Crippen LogP contribution >= 0.6 is 11.3 Å². The number of thiophene rings is 1. The number of benzene rings is 1. The smallest absolute Gasteiger partial charge is 0.143 e.